The van der Waals surface area contributed by atoms with E-state index in [0.717, 1.165) is 8.45 Å². The second kappa shape index (κ2) is 5.97. The van der Waals surface area contributed by atoms with Gasteiger partial charge < -0.3 is 10.1 Å². The molecule has 1 N–H and O–H groups in total. The molecule has 1 amide bonds. The number of hydrogen-bond donors (Lipinski definition) is 1. The van der Waals surface area contributed by atoms with Crippen molar-refractivity contribution in [3.05, 3.63) is 19.9 Å². The molecule has 0 aliphatic carbocycles. The maximum atomic E-state index is 11.7. The van der Waals surface area contributed by atoms with E-state index in [2.05, 4.69) is 27.9 Å². The van der Waals surface area contributed by atoms with Gasteiger partial charge in [-0.2, -0.15) is 0 Å². The Hall–Kier alpha value is -0.140. The Balaban J connectivity index is 2.47. The molecule has 1 aromatic rings. The zero-order valence-corrected chi connectivity index (χ0v) is 12.6. The number of ether oxygens (including phenoxy) is 1. The predicted molar refractivity (Wildman–Crippen MR) is 75.1 cm³/mol. The van der Waals surface area contributed by atoms with Crippen LogP contribution in [0.3, 0.4) is 0 Å². The van der Waals surface area contributed by atoms with E-state index in [9.17, 15) is 4.79 Å². The zero-order chi connectivity index (χ0) is 12.2. The molecule has 0 saturated heterocycles. The Kier molecular flexibility index (Phi) is 5.20. The Morgan fingerprint density at radius 1 is 1.62 bits per heavy atom. The molecule has 0 unspecified atom stereocenters. The molecule has 0 saturated carbocycles. The normalized spacial score (nSPS) is 11.5. The molecule has 0 spiro atoms. The molecule has 0 atom stereocenters. The van der Waals surface area contributed by atoms with Crippen molar-refractivity contribution in [3.63, 3.8) is 0 Å². The Bertz CT molecular complexity index is 363. The van der Waals surface area contributed by atoms with Crippen molar-refractivity contribution in [2.24, 2.45) is 0 Å². The molecule has 0 aliphatic heterocycles. The van der Waals surface area contributed by atoms with Crippen LogP contribution in [0.15, 0.2) is 11.4 Å². The third-order valence-electron chi connectivity index (χ3n) is 2.04. The van der Waals surface area contributed by atoms with Gasteiger partial charge in [0.15, 0.2) is 0 Å². The van der Waals surface area contributed by atoms with E-state index in [4.69, 9.17) is 4.74 Å². The van der Waals surface area contributed by atoms with Crippen molar-refractivity contribution in [3.8, 4) is 0 Å². The second-order valence-corrected chi connectivity index (χ2v) is 6.82. The molecular weight excluding hydrogens is 337 g/mol. The van der Waals surface area contributed by atoms with Crippen molar-refractivity contribution < 1.29 is 9.53 Å². The summed E-state index contributed by atoms with van der Waals surface area (Å²) in [7, 11) is 0. The van der Waals surface area contributed by atoms with Gasteiger partial charge >= 0.3 is 0 Å². The summed E-state index contributed by atoms with van der Waals surface area (Å²) >= 11 is 3.78. The third kappa shape index (κ3) is 4.39. The fraction of sp³-hybridized carbons (Fsp3) is 0.545. The lowest BCUT2D eigenvalue weighted by molar-refractivity contribution is -0.00815. The number of halogens is 1. The van der Waals surface area contributed by atoms with E-state index in [-0.39, 0.29) is 11.5 Å². The van der Waals surface area contributed by atoms with Crippen LogP contribution in [0.4, 0.5) is 0 Å². The van der Waals surface area contributed by atoms with E-state index in [1.807, 2.05) is 32.2 Å². The number of carbonyl (C=O) groups is 1. The van der Waals surface area contributed by atoms with Crippen molar-refractivity contribution in [2.45, 2.75) is 26.4 Å². The molecule has 90 valence electrons. The van der Waals surface area contributed by atoms with E-state index < -0.39 is 0 Å². The SMILES string of the molecule is CCOC(C)(C)CNC(=O)c1csc(I)c1. The Labute approximate surface area is 114 Å². The topological polar surface area (TPSA) is 38.3 Å². The van der Waals surface area contributed by atoms with Crippen LogP contribution in [0.1, 0.15) is 31.1 Å². The summed E-state index contributed by atoms with van der Waals surface area (Å²) in [5, 5.41) is 4.74. The monoisotopic (exact) mass is 353 g/mol. The Morgan fingerprint density at radius 3 is 2.81 bits per heavy atom. The fourth-order valence-electron chi connectivity index (χ4n) is 1.27. The van der Waals surface area contributed by atoms with Gasteiger partial charge in [-0.3, -0.25) is 4.79 Å². The number of hydrogen-bond acceptors (Lipinski definition) is 3. The van der Waals surface area contributed by atoms with Gasteiger partial charge in [0.25, 0.3) is 5.91 Å². The summed E-state index contributed by atoms with van der Waals surface area (Å²) in [6, 6.07) is 1.88. The van der Waals surface area contributed by atoms with Crippen molar-refractivity contribution in [1.82, 2.24) is 5.32 Å². The third-order valence-corrected chi connectivity index (χ3v) is 3.83. The molecule has 0 radical (unpaired) electrons. The van der Waals surface area contributed by atoms with Gasteiger partial charge in [-0.15, -0.1) is 11.3 Å². The lowest BCUT2D eigenvalue weighted by Gasteiger charge is -2.24. The fourth-order valence-corrected chi connectivity index (χ4v) is 2.59. The minimum Gasteiger partial charge on any atom is -0.374 e. The van der Waals surface area contributed by atoms with Crippen molar-refractivity contribution in [2.75, 3.05) is 13.2 Å². The van der Waals surface area contributed by atoms with Gasteiger partial charge in [-0.25, -0.2) is 0 Å². The van der Waals surface area contributed by atoms with Crippen LogP contribution in [0, 0.1) is 2.88 Å². The van der Waals surface area contributed by atoms with Gasteiger partial charge in [0.1, 0.15) is 0 Å². The van der Waals surface area contributed by atoms with Gasteiger partial charge in [0.2, 0.25) is 0 Å². The second-order valence-electron chi connectivity index (χ2n) is 4.01. The minimum absolute atomic E-state index is 0.0352. The first kappa shape index (κ1) is 13.9. The summed E-state index contributed by atoms with van der Waals surface area (Å²) < 4.78 is 6.62. The average molecular weight is 353 g/mol. The molecule has 1 rings (SSSR count). The smallest absolute Gasteiger partial charge is 0.252 e. The first-order chi connectivity index (χ1) is 7.44. The molecule has 5 heteroatoms. The van der Waals surface area contributed by atoms with Crippen LogP contribution in [0.5, 0.6) is 0 Å². The zero-order valence-electron chi connectivity index (χ0n) is 9.67. The molecule has 3 nitrogen and oxygen atoms in total. The van der Waals surface area contributed by atoms with Gasteiger partial charge in [0.05, 0.1) is 14.0 Å². The summed E-state index contributed by atoms with van der Waals surface area (Å²) in [5.74, 6) is -0.0352. The molecule has 1 aromatic heterocycles. The van der Waals surface area contributed by atoms with E-state index in [1.165, 1.54) is 0 Å². The quantitative estimate of drug-likeness (QED) is 0.827. The van der Waals surface area contributed by atoms with Crippen LogP contribution in [0.25, 0.3) is 0 Å². The highest BCUT2D eigenvalue weighted by atomic mass is 127. The molecule has 16 heavy (non-hydrogen) atoms. The molecule has 1 heterocycles. The first-order valence-corrected chi connectivity index (χ1v) is 7.06. The van der Waals surface area contributed by atoms with Crippen molar-refractivity contribution in [1.29, 1.82) is 0 Å². The lowest BCUT2D eigenvalue weighted by atomic mass is 10.1. The average Bonchev–Trinajstić information content (AvgIpc) is 2.61. The van der Waals surface area contributed by atoms with E-state index >= 15 is 0 Å². The first-order valence-electron chi connectivity index (χ1n) is 5.11. The molecule has 0 aliphatic rings. The van der Waals surface area contributed by atoms with Crippen LogP contribution in [-0.2, 0) is 4.74 Å². The van der Waals surface area contributed by atoms with Crippen LogP contribution >= 0.6 is 33.9 Å². The van der Waals surface area contributed by atoms with Gasteiger partial charge in [-0.05, 0) is 49.4 Å². The van der Waals surface area contributed by atoms with Gasteiger partial charge in [-0.1, -0.05) is 0 Å². The highest BCUT2D eigenvalue weighted by molar-refractivity contribution is 14.1. The van der Waals surface area contributed by atoms with Crippen LogP contribution in [0.2, 0.25) is 0 Å². The minimum atomic E-state index is -0.312. The number of amides is 1. The number of carbonyl (C=O) groups excluding carboxylic acids is 1. The number of rotatable bonds is 5. The maximum absolute atomic E-state index is 11.7. The summed E-state index contributed by atoms with van der Waals surface area (Å²) in [6.45, 7) is 7.05. The standard InChI is InChI=1S/C11H16INO2S/c1-4-15-11(2,3)7-13-10(14)8-5-9(12)16-6-8/h5-6H,4,7H2,1-3H3,(H,13,14). The van der Waals surface area contributed by atoms with E-state index in [1.54, 1.807) is 11.3 Å². The molecular formula is C11H16INO2S. The Morgan fingerprint density at radius 2 is 2.31 bits per heavy atom. The molecule has 0 bridgehead atoms. The van der Waals surface area contributed by atoms with Crippen molar-refractivity contribution >= 4 is 39.8 Å². The van der Waals surface area contributed by atoms with Crippen LogP contribution in [-0.4, -0.2) is 24.7 Å². The maximum Gasteiger partial charge on any atom is 0.252 e. The molecule has 0 fully saturated rings. The summed E-state index contributed by atoms with van der Waals surface area (Å²) in [5.41, 5.74) is 0.412. The van der Waals surface area contributed by atoms with Gasteiger partial charge in [0, 0.05) is 18.5 Å². The van der Waals surface area contributed by atoms with E-state index in [0.29, 0.717) is 13.2 Å². The summed E-state index contributed by atoms with van der Waals surface area (Å²) in [4.78, 5) is 11.7. The summed E-state index contributed by atoms with van der Waals surface area (Å²) in [6.07, 6.45) is 0. The number of nitrogens with one attached hydrogen (secondary N) is 1. The largest absolute Gasteiger partial charge is 0.374 e. The van der Waals surface area contributed by atoms with Crippen LogP contribution < -0.4 is 5.32 Å². The predicted octanol–water partition coefficient (Wildman–Crippen LogP) is 2.90. The highest BCUT2D eigenvalue weighted by Gasteiger charge is 2.19. The lowest BCUT2D eigenvalue weighted by Crippen LogP contribution is -2.40. The molecule has 0 aromatic carbocycles. The highest BCUT2D eigenvalue weighted by Crippen LogP contribution is 2.16. The number of thiophene rings is 1.